The summed E-state index contributed by atoms with van der Waals surface area (Å²) < 4.78 is 6.92. The third-order valence-electron chi connectivity index (χ3n) is 5.64. The van der Waals surface area contributed by atoms with Gasteiger partial charge in [-0.05, 0) is 31.9 Å². The molecule has 1 aromatic carbocycles. The van der Waals surface area contributed by atoms with Gasteiger partial charge in [0, 0.05) is 19.4 Å². The predicted octanol–water partition coefficient (Wildman–Crippen LogP) is 3.19. The molecule has 3 N–H and O–H groups in total. The van der Waals surface area contributed by atoms with Gasteiger partial charge in [0.1, 0.15) is 17.3 Å². The molecule has 0 radical (unpaired) electrons. The van der Waals surface area contributed by atoms with Crippen LogP contribution in [0, 0.1) is 6.92 Å². The molecule has 3 rings (SSSR count). The van der Waals surface area contributed by atoms with E-state index in [0.717, 1.165) is 12.0 Å². The fraction of sp³-hybridized carbons (Fsp3) is 0.360. The monoisotopic (exact) mass is 466 g/mol. The lowest BCUT2D eigenvalue weighted by Crippen LogP contribution is -2.41. The van der Waals surface area contributed by atoms with Crippen LogP contribution in [0.2, 0.25) is 0 Å². The molecule has 3 aromatic rings. The predicted molar refractivity (Wildman–Crippen MR) is 130 cm³/mol. The first-order valence-corrected chi connectivity index (χ1v) is 11.3. The second kappa shape index (κ2) is 10.8. The number of hydrogen-bond acceptors (Lipinski definition) is 6. The first kappa shape index (κ1) is 24.8. The summed E-state index contributed by atoms with van der Waals surface area (Å²) >= 11 is 0. The van der Waals surface area contributed by atoms with Crippen molar-refractivity contribution in [3.63, 3.8) is 0 Å². The number of Topliss-reactive ketones (excluding diaryl/α,β-unsaturated/α-hetero) is 1. The number of nitrogens with zero attached hydrogens (tertiary/aromatic N) is 2. The van der Waals surface area contributed by atoms with Gasteiger partial charge >= 0.3 is 5.69 Å². The summed E-state index contributed by atoms with van der Waals surface area (Å²) in [6.45, 7) is 5.57. The summed E-state index contributed by atoms with van der Waals surface area (Å²) in [6, 6.07) is 10.8. The Bertz CT molecular complexity index is 1290. The van der Waals surface area contributed by atoms with Crippen LogP contribution in [0.15, 0.2) is 50.4 Å². The number of amides is 1. The normalized spacial score (nSPS) is 10.9. The smallest absolute Gasteiger partial charge is 0.330 e. The molecule has 9 heteroatoms. The highest BCUT2D eigenvalue weighted by molar-refractivity contribution is 5.96. The molecule has 2 aromatic heterocycles. The molecular weight excluding hydrogens is 436 g/mol. The number of aryl methyl sites for hydroxylation is 2. The first-order chi connectivity index (χ1) is 16.2. The molecule has 0 unspecified atom stereocenters. The van der Waals surface area contributed by atoms with E-state index in [1.807, 2.05) is 37.3 Å². The van der Waals surface area contributed by atoms with Crippen LogP contribution in [-0.2, 0) is 24.3 Å². The Morgan fingerprint density at radius 1 is 1.18 bits per heavy atom. The maximum atomic E-state index is 13.4. The molecule has 0 saturated heterocycles. The van der Waals surface area contributed by atoms with E-state index in [1.54, 1.807) is 13.0 Å². The largest absolute Gasteiger partial charge is 0.466 e. The van der Waals surface area contributed by atoms with Crippen molar-refractivity contribution in [2.75, 3.05) is 10.6 Å². The number of nitrogen functional groups attached to an aromatic ring is 1. The van der Waals surface area contributed by atoms with Crippen molar-refractivity contribution < 1.29 is 14.0 Å². The number of furan rings is 1. The van der Waals surface area contributed by atoms with Crippen molar-refractivity contribution in [3.05, 3.63) is 79.9 Å². The highest BCUT2D eigenvalue weighted by Crippen LogP contribution is 2.22. The Hall–Kier alpha value is -3.88. The summed E-state index contributed by atoms with van der Waals surface area (Å²) in [4.78, 5) is 53.9. The number of carbonyl (C=O) groups excluding carboxylic acids is 2. The number of carbonyl (C=O) groups is 2. The minimum Gasteiger partial charge on any atom is -0.466 e. The van der Waals surface area contributed by atoms with Crippen LogP contribution in [-0.4, -0.2) is 21.2 Å². The van der Waals surface area contributed by atoms with Gasteiger partial charge in [0.25, 0.3) is 5.56 Å². The van der Waals surface area contributed by atoms with Crippen molar-refractivity contribution in [3.8, 4) is 0 Å². The Labute approximate surface area is 197 Å². The molecule has 0 atom stereocenters. The van der Waals surface area contributed by atoms with E-state index >= 15 is 0 Å². The maximum Gasteiger partial charge on any atom is 0.330 e. The second-order valence-electron chi connectivity index (χ2n) is 8.20. The third kappa shape index (κ3) is 5.54. The van der Waals surface area contributed by atoms with Crippen LogP contribution in [0.3, 0.4) is 0 Å². The maximum absolute atomic E-state index is 13.4. The van der Waals surface area contributed by atoms with Gasteiger partial charge in [-0.15, -0.1) is 0 Å². The van der Waals surface area contributed by atoms with Gasteiger partial charge in [-0.25, -0.2) is 4.79 Å². The summed E-state index contributed by atoms with van der Waals surface area (Å²) in [6.07, 6.45) is 1.78. The number of aromatic amines is 1. The lowest BCUT2D eigenvalue weighted by molar-refractivity contribution is -0.118. The number of hydrogen-bond donors (Lipinski definition) is 2. The first-order valence-electron chi connectivity index (χ1n) is 11.3. The van der Waals surface area contributed by atoms with Crippen molar-refractivity contribution in [2.24, 2.45) is 0 Å². The average molecular weight is 467 g/mol. The highest BCUT2D eigenvalue weighted by Gasteiger charge is 2.25. The summed E-state index contributed by atoms with van der Waals surface area (Å²) in [5.74, 6) is 0.489. The zero-order valence-corrected chi connectivity index (χ0v) is 19.7. The molecule has 0 saturated carbocycles. The lowest BCUT2D eigenvalue weighted by atomic mass is 10.1. The summed E-state index contributed by atoms with van der Waals surface area (Å²) in [5.41, 5.74) is 6.18. The zero-order chi connectivity index (χ0) is 24.8. The van der Waals surface area contributed by atoms with Gasteiger partial charge in [0.05, 0.1) is 12.1 Å². The number of H-pyrrole nitrogens is 1. The highest BCUT2D eigenvalue weighted by atomic mass is 16.3. The molecule has 0 aliphatic carbocycles. The van der Waals surface area contributed by atoms with Crippen LogP contribution < -0.4 is 21.9 Å². The van der Waals surface area contributed by atoms with Gasteiger partial charge in [0.2, 0.25) is 5.91 Å². The number of nitrogens with one attached hydrogen (secondary N) is 1. The number of rotatable bonds is 10. The molecule has 1 amide bonds. The molecule has 34 heavy (non-hydrogen) atoms. The minimum absolute atomic E-state index is 0.0180. The van der Waals surface area contributed by atoms with E-state index in [2.05, 4.69) is 4.98 Å². The van der Waals surface area contributed by atoms with Crippen LogP contribution in [0.4, 0.5) is 11.5 Å². The minimum atomic E-state index is -0.716. The molecule has 2 heterocycles. The Balaban J connectivity index is 1.97. The van der Waals surface area contributed by atoms with Crippen LogP contribution >= 0.6 is 0 Å². The third-order valence-corrected chi connectivity index (χ3v) is 5.64. The second-order valence-corrected chi connectivity index (χ2v) is 8.20. The van der Waals surface area contributed by atoms with Gasteiger partial charge in [-0.2, -0.15) is 0 Å². The van der Waals surface area contributed by atoms with Crippen LogP contribution in [0.25, 0.3) is 0 Å². The Kier molecular flexibility index (Phi) is 7.88. The number of benzene rings is 1. The van der Waals surface area contributed by atoms with E-state index in [0.29, 0.717) is 30.0 Å². The zero-order valence-electron chi connectivity index (χ0n) is 19.7. The summed E-state index contributed by atoms with van der Waals surface area (Å²) in [7, 11) is 0. The Morgan fingerprint density at radius 3 is 2.50 bits per heavy atom. The van der Waals surface area contributed by atoms with Crippen molar-refractivity contribution in [1.82, 2.24) is 9.55 Å². The van der Waals surface area contributed by atoms with E-state index < -0.39 is 11.2 Å². The number of anilines is 2. The quantitative estimate of drug-likeness (QED) is 0.441. The van der Waals surface area contributed by atoms with Crippen LogP contribution in [0.5, 0.6) is 0 Å². The van der Waals surface area contributed by atoms with E-state index in [1.165, 1.54) is 16.4 Å². The van der Waals surface area contributed by atoms with Crippen LogP contribution in [0.1, 0.15) is 60.6 Å². The number of aromatic nitrogens is 2. The molecule has 0 aliphatic rings. The fourth-order valence-electron chi connectivity index (χ4n) is 3.82. The Morgan fingerprint density at radius 2 is 1.88 bits per heavy atom. The van der Waals surface area contributed by atoms with Crippen molar-refractivity contribution >= 4 is 23.2 Å². The van der Waals surface area contributed by atoms with Gasteiger partial charge in [-0.3, -0.25) is 23.9 Å². The fourth-order valence-corrected chi connectivity index (χ4v) is 3.82. The molecule has 9 nitrogen and oxygen atoms in total. The van der Waals surface area contributed by atoms with Crippen molar-refractivity contribution in [2.45, 2.75) is 59.5 Å². The SMILES string of the molecule is CCCCn1c(N)c(N(Cc2ccccc2)C(=O)CCc2cc(C(C)=O)c(C)o2)c(=O)[nH]c1=O. The number of nitrogens with two attached hydrogens (primary N) is 1. The molecule has 0 aliphatic heterocycles. The topological polar surface area (TPSA) is 131 Å². The average Bonchev–Trinajstić information content (AvgIpc) is 3.18. The standard InChI is InChI=1S/C25H30N4O5/c1-4-5-13-28-23(26)22(24(32)27-25(28)33)29(15-18-9-7-6-8-10-18)21(31)12-11-19-14-20(16(2)30)17(3)34-19/h6-10,14H,4-5,11-13,15,26H2,1-3H3,(H,27,32,33). The molecular formula is C25H30N4O5. The number of ketones is 1. The number of unbranched alkanes of at least 4 members (excludes halogenated alkanes) is 1. The van der Waals surface area contributed by atoms with E-state index in [4.69, 9.17) is 10.2 Å². The molecule has 0 spiro atoms. The summed E-state index contributed by atoms with van der Waals surface area (Å²) in [5, 5.41) is 0. The van der Waals surface area contributed by atoms with E-state index in [9.17, 15) is 19.2 Å². The van der Waals surface area contributed by atoms with Gasteiger partial charge < -0.3 is 15.1 Å². The lowest BCUT2D eigenvalue weighted by Gasteiger charge is -2.24. The molecule has 0 fully saturated rings. The molecule has 0 bridgehead atoms. The molecule has 180 valence electrons. The van der Waals surface area contributed by atoms with Gasteiger partial charge in [0.15, 0.2) is 11.5 Å². The van der Waals surface area contributed by atoms with Crippen molar-refractivity contribution in [1.29, 1.82) is 0 Å². The van der Waals surface area contributed by atoms with Gasteiger partial charge in [-0.1, -0.05) is 43.7 Å². The van der Waals surface area contributed by atoms with E-state index in [-0.39, 0.29) is 42.6 Å².